The number of ether oxygens (including phenoxy) is 1. The van der Waals surface area contributed by atoms with E-state index in [1.54, 1.807) is 0 Å². The topological polar surface area (TPSA) is 82.5 Å². The summed E-state index contributed by atoms with van der Waals surface area (Å²) in [5, 5.41) is 4.68. The number of fused-ring (bicyclic) bond motifs is 1. The Labute approximate surface area is 160 Å². The van der Waals surface area contributed by atoms with Gasteiger partial charge in [0.2, 0.25) is 0 Å². The van der Waals surface area contributed by atoms with Crippen molar-refractivity contribution in [2.24, 2.45) is 0 Å². The lowest BCUT2D eigenvalue weighted by Gasteiger charge is -2.09. The van der Waals surface area contributed by atoms with E-state index in [2.05, 4.69) is 5.16 Å². The fraction of sp³-hybridized carbons (Fsp3) is 0.350. The molecule has 27 heavy (non-hydrogen) atoms. The smallest absolute Gasteiger partial charge is 0.336 e. The lowest BCUT2D eigenvalue weighted by atomic mass is 10.0. The zero-order valence-corrected chi connectivity index (χ0v) is 16.6. The lowest BCUT2D eigenvalue weighted by Crippen LogP contribution is -2.10. The maximum atomic E-state index is 12.1. The van der Waals surface area contributed by atoms with Gasteiger partial charge in [0.25, 0.3) is 0 Å². The summed E-state index contributed by atoms with van der Waals surface area (Å²) in [6.45, 7) is 7.71. The third-order valence-corrected chi connectivity index (χ3v) is 5.41. The van der Waals surface area contributed by atoms with Crippen molar-refractivity contribution in [2.45, 2.75) is 40.1 Å². The number of esters is 1. The summed E-state index contributed by atoms with van der Waals surface area (Å²) >= 11 is 1.44. The van der Waals surface area contributed by atoms with Crippen molar-refractivity contribution in [3.8, 4) is 0 Å². The molecule has 1 aromatic carbocycles. The maximum absolute atomic E-state index is 12.1. The van der Waals surface area contributed by atoms with Gasteiger partial charge in [-0.05, 0) is 51.0 Å². The Morgan fingerprint density at radius 1 is 1.15 bits per heavy atom. The molecule has 0 fully saturated rings. The van der Waals surface area contributed by atoms with E-state index in [0.29, 0.717) is 16.9 Å². The van der Waals surface area contributed by atoms with Gasteiger partial charge in [-0.15, -0.1) is 11.8 Å². The van der Waals surface area contributed by atoms with Crippen LogP contribution in [0.25, 0.3) is 11.0 Å². The molecule has 0 aliphatic carbocycles. The van der Waals surface area contributed by atoms with E-state index in [0.717, 1.165) is 33.5 Å². The zero-order valence-electron chi connectivity index (χ0n) is 15.8. The van der Waals surface area contributed by atoms with Crippen LogP contribution in [0.3, 0.4) is 0 Å². The van der Waals surface area contributed by atoms with Gasteiger partial charge in [-0.3, -0.25) is 4.79 Å². The quantitative estimate of drug-likeness (QED) is 0.467. The predicted molar refractivity (Wildman–Crippen MR) is 104 cm³/mol. The summed E-state index contributed by atoms with van der Waals surface area (Å²) in [6, 6.07) is 5.15. The molecule has 0 unspecified atom stereocenters. The summed E-state index contributed by atoms with van der Waals surface area (Å²) in [6.07, 6.45) is 0. The second-order valence-corrected chi connectivity index (χ2v) is 7.47. The van der Waals surface area contributed by atoms with Crippen molar-refractivity contribution >= 4 is 28.7 Å². The molecule has 3 rings (SSSR count). The van der Waals surface area contributed by atoms with E-state index in [1.165, 1.54) is 17.8 Å². The third kappa shape index (κ3) is 4.42. The van der Waals surface area contributed by atoms with E-state index in [-0.39, 0.29) is 18.3 Å². The molecular formula is C20H21NO5S. The van der Waals surface area contributed by atoms with Gasteiger partial charge in [-0.25, -0.2) is 4.79 Å². The van der Waals surface area contributed by atoms with Crippen LogP contribution in [0, 0.1) is 27.7 Å². The molecule has 0 atom stereocenters. The number of aromatic nitrogens is 1. The molecule has 0 N–H and O–H groups in total. The molecule has 2 aromatic heterocycles. The number of carbonyl (C=O) groups excluding carboxylic acids is 1. The van der Waals surface area contributed by atoms with Crippen molar-refractivity contribution < 1.29 is 18.5 Å². The van der Waals surface area contributed by atoms with Crippen LogP contribution >= 0.6 is 11.8 Å². The molecule has 3 aromatic rings. The molecule has 0 saturated carbocycles. The van der Waals surface area contributed by atoms with Crippen LogP contribution in [0.1, 0.15) is 33.7 Å². The number of benzene rings is 1. The lowest BCUT2D eigenvalue weighted by molar-refractivity contribution is -0.141. The predicted octanol–water partition coefficient (Wildman–Crippen LogP) is 3.99. The number of aryl methyl sites for hydroxylation is 4. The van der Waals surface area contributed by atoms with Gasteiger partial charge in [0.05, 0.1) is 11.4 Å². The third-order valence-electron chi connectivity index (χ3n) is 4.48. The molecule has 0 radical (unpaired) electrons. The fourth-order valence-electron chi connectivity index (χ4n) is 2.75. The highest BCUT2D eigenvalue weighted by molar-refractivity contribution is 7.99. The molecule has 7 heteroatoms. The molecule has 0 saturated heterocycles. The van der Waals surface area contributed by atoms with Gasteiger partial charge in [0, 0.05) is 28.3 Å². The van der Waals surface area contributed by atoms with Crippen molar-refractivity contribution in [3.63, 3.8) is 0 Å². The minimum atomic E-state index is -0.454. The molecule has 2 heterocycles. The molecule has 0 amide bonds. The van der Waals surface area contributed by atoms with E-state index < -0.39 is 5.63 Å². The number of thioether (sulfide) groups is 1. The van der Waals surface area contributed by atoms with E-state index in [9.17, 15) is 9.59 Å². The van der Waals surface area contributed by atoms with Crippen molar-refractivity contribution in [1.29, 1.82) is 0 Å². The first-order chi connectivity index (χ1) is 12.8. The SMILES string of the molecule is Cc1cc2oc(=O)cc(COC(=O)CSCc3c(C)noc3C)c2cc1C. The first kappa shape index (κ1) is 19.2. The first-order valence-corrected chi connectivity index (χ1v) is 9.69. The van der Waals surface area contributed by atoms with Crippen LogP contribution in [0.4, 0.5) is 0 Å². The van der Waals surface area contributed by atoms with Gasteiger partial charge < -0.3 is 13.7 Å². The highest BCUT2D eigenvalue weighted by Gasteiger charge is 2.13. The normalized spacial score (nSPS) is 11.1. The van der Waals surface area contributed by atoms with Gasteiger partial charge >= 0.3 is 11.6 Å². The van der Waals surface area contributed by atoms with E-state index in [4.69, 9.17) is 13.7 Å². The Bertz CT molecular complexity index is 1030. The van der Waals surface area contributed by atoms with E-state index in [1.807, 2.05) is 39.8 Å². The van der Waals surface area contributed by atoms with Gasteiger partial charge in [0.15, 0.2) is 0 Å². The molecule has 0 bridgehead atoms. The highest BCUT2D eigenvalue weighted by Crippen LogP contribution is 2.23. The highest BCUT2D eigenvalue weighted by atomic mass is 32.2. The number of carbonyl (C=O) groups is 1. The molecule has 0 aliphatic rings. The largest absolute Gasteiger partial charge is 0.460 e. The van der Waals surface area contributed by atoms with Crippen LogP contribution in [-0.4, -0.2) is 16.9 Å². The van der Waals surface area contributed by atoms with Gasteiger partial charge in [0.1, 0.15) is 18.0 Å². The minimum Gasteiger partial charge on any atom is -0.460 e. The van der Waals surface area contributed by atoms with Gasteiger partial charge in [-0.1, -0.05) is 5.16 Å². The second kappa shape index (κ2) is 8.00. The monoisotopic (exact) mass is 387 g/mol. The van der Waals surface area contributed by atoms with Crippen molar-refractivity contribution in [2.75, 3.05) is 5.75 Å². The Hall–Kier alpha value is -2.54. The van der Waals surface area contributed by atoms with Gasteiger partial charge in [-0.2, -0.15) is 0 Å². The summed E-state index contributed by atoms with van der Waals surface area (Å²) in [5.41, 5.74) is 4.66. The second-order valence-electron chi connectivity index (χ2n) is 6.48. The average molecular weight is 387 g/mol. The van der Waals surface area contributed by atoms with Crippen LogP contribution < -0.4 is 5.63 Å². The maximum Gasteiger partial charge on any atom is 0.336 e. The average Bonchev–Trinajstić information content (AvgIpc) is 2.93. The number of hydrogen-bond acceptors (Lipinski definition) is 7. The summed E-state index contributed by atoms with van der Waals surface area (Å²) in [5.74, 6) is 1.27. The molecule has 0 spiro atoms. The number of rotatable bonds is 6. The van der Waals surface area contributed by atoms with Crippen LogP contribution in [0.5, 0.6) is 0 Å². The van der Waals surface area contributed by atoms with Crippen LogP contribution in [-0.2, 0) is 21.9 Å². The molecule has 142 valence electrons. The number of nitrogens with zero attached hydrogens (tertiary/aromatic N) is 1. The Kier molecular flexibility index (Phi) is 5.70. The molecular weight excluding hydrogens is 366 g/mol. The van der Waals surface area contributed by atoms with Crippen molar-refractivity contribution in [1.82, 2.24) is 5.16 Å². The molecule has 0 aliphatic heterocycles. The van der Waals surface area contributed by atoms with Crippen LogP contribution in [0.15, 0.2) is 31.9 Å². The standard InChI is InChI=1S/C20H21NO5S/c1-11-5-16-15(7-19(22)25-18(16)6-12(11)2)8-24-20(23)10-27-9-17-13(3)21-26-14(17)4/h5-7H,8-10H2,1-4H3. The van der Waals surface area contributed by atoms with Crippen molar-refractivity contribution in [3.05, 3.63) is 62.3 Å². The zero-order chi connectivity index (χ0) is 19.6. The molecule has 6 nitrogen and oxygen atoms in total. The number of hydrogen-bond donors (Lipinski definition) is 0. The summed E-state index contributed by atoms with van der Waals surface area (Å²) in [7, 11) is 0. The van der Waals surface area contributed by atoms with E-state index >= 15 is 0 Å². The van der Waals surface area contributed by atoms with Crippen LogP contribution in [0.2, 0.25) is 0 Å². The first-order valence-electron chi connectivity index (χ1n) is 8.54. The Morgan fingerprint density at radius 2 is 1.89 bits per heavy atom. The summed E-state index contributed by atoms with van der Waals surface area (Å²) < 4.78 is 15.7. The Balaban J connectivity index is 1.63. The minimum absolute atomic E-state index is 0.0370. The summed E-state index contributed by atoms with van der Waals surface area (Å²) in [4.78, 5) is 23.9. The Morgan fingerprint density at radius 3 is 2.59 bits per heavy atom. The fourth-order valence-corrected chi connectivity index (χ4v) is 3.71.